The van der Waals surface area contributed by atoms with Gasteiger partial charge < -0.3 is 5.73 Å². The summed E-state index contributed by atoms with van der Waals surface area (Å²) in [6.07, 6.45) is 0. The minimum atomic E-state index is -0.466. The summed E-state index contributed by atoms with van der Waals surface area (Å²) in [6, 6.07) is 0. The van der Waals surface area contributed by atoms with E-state index in [9.17, 15) is 0 Å². The van der Waals surface area contributed by atoms with Crippen molar-refractivity contribution in [2.45, 2.75) is 25.7 Å². The fraction of sp³-hybridized carbons (Fsp3) is 1.00. The van der Waals surface area contributed by atoms with Gasteiger partial charge in [0.05, 0.1) is 0 Å². The van der Waals surface area contributed by atoms with Crippen LogP contribution < -0.4 is 5.73 Å². The van der Waals surface area contributed by atoms with E-state index in [4.69, 9.17) is 5.73 Å². The number of nitrogens with two attached hydrogens (primary N) is 1. The highest BCUT2D eigenvalue weighted by molar-refractivity contribution is 6.57. The van der Waals surface area contributed by atoms with E-state index in [-0.39, 0.29) is 0 Å². The molecule has 0 aliphatic rings. The van der Waals surface area contributed by atoms with Crippen LogP contribution in [0.3, 0.4) is 0 Å². The molecule has 0 aromatic heterocycles. The van der Waals surface area contributed by atoms with E-state index in [0.717, 1.165) is 0 Å². The average Bonchev–Trinajstić information content (AvgIpc) is 1.36. The maximum atomic E-state index is 5.50. The summed E-state index contributed by atoms with van der Waals surface area (Å²) in [5.74, 6) is 0. The molecule has 2 N–H and O–H groups in total. The molecule has 1 nitrogen and oxygen atoms in total. The normalized spacial score (nSPS) is 15.5. The van der Waals surface area contributed by atoms with E-state index >= 15 is 0 Å². The van der Waals surface area contributed by atoms with Crippen molar-refractivity contribution < 1.29 is 0 Å². The van der Waals surface area contributed by atoms with E-state index in [1.54, 1.807) is 0 Å². The molecule has 0 aromatic rings. The lowest BCUT2D eigenvalue weighted by Crippen LogP contribution is -2.29. The van der Waals surface area contributed by atoms with Crippen molar-refractivity contribution in [3.8, 4) is 0 Å². The summed E-state index contributed by atoms with van der Waals surface area (Å²) in [7, 11) is -0.466. The van der Waals surface area contributed by atoms with Gasteiger partial charge in [-0.1, -0.05) is 20.0 Å². The van der Waals surface area contributed by atoms with Crippen LogP contribution in [0.5, 0.6) is 0 Å². The van der Waals surface area contributed by atoms with Crippen molar-refractivity contribution in [1.82, 2.24) is 0 Å². The number of hydrogen-bond donors (Lipinski definition) is 1. The van der Waals surface area contributed by atoms with Crippen LogP contribution in [0.4, 0.5) is 0 Å². The van der Waals surface area contributed by atoms with Gasteiger partial charge in [0.25, 0.3) is 0 Å². The first-order valence-electron chi connectivity index (χ1n) is 2.40. The summed E-state index contributed by atoms with van der Waals surface area (Å²) >= 11 is 0. The van der Waals surface area contributed by atoms with Crippen LogP contribution in [0.15, 0.2) is 0 Å². The summed E-state index contributed by atoms with van der Waals surface area (Å²) in [4.78, 5) is 0. The Kier molecular flexibility index (Phi) is 2.44. The molecular formula is C4H13NSi. The van der Waals surface area contributed by atoms with Crippen LogP contribution in [0.1, 0.15) is 6.92 Å². The molecule has 0 amide bonds. The van der Waals surface area contributed by atoms with Crippen LogP contribution in [0.25, 0.3) is 0 Å². The Balaban J connectivity index is 2.99. The molecule has 0 fully saturated rings. The fourth-order valence-electron chi connectivity index (χ4n) is 0. The van der Waals surface area contributed by atoms with Gasteiger partial charge in [0.15, 0.2) is 0 Å². The van der Waals surface area contributed by atoms with E-state index in [1.165, 1.54) is 0 Å². The van der Waals surface area contributed by atoms with Crippen molar-refractivity contribution in [2.75, 3.05) is 0 Å². The summed E-state index contributed by atoms with van der Waals surface area (Å²) in [5.41, 5.74) is 5.99. The SMILES string of the molecule is CC(N)[SiH](C)C. The minimum Gasteiger partial charge on any atom is -0.331 e. The van der Waals surface area contributed by atoms with Crippen molar-refractivity contribution in [2.24, 2.45) is 5.73 Å². The van der Waals surface area contributed by atoms with Gasteiger partial charge in [0.2, 0.25) is 0 Å². The van der Waals surface area contributed by atoms with Crippen molar-refractivity contribution in [1.29, 1.82) is 0 Å². The lowest BCUT2D eigenvalue weighted by molar-refractivity contribution is 0.998. The van der Waals surface area contributed by atoms with E-state index in [2.05, 4.69) is 20.0 Å². The third-order valence-electron chi connectivity index (χ3n) is 1.05. The lowest BCUT2D eigenvalue weighted by Gasteiger charge is -2.03. The number of hydrogen-bond acceptors (Lipinski definition) is 1. The van der Waals surface area contributed by atoms with E-state index < -0.39 is 8.80 Å². The average molecular weight is 103 g/mol. The second-order valence-corrected chi connectivity index (χ2v) is 5.64. The topological polar surface area (TPSA) is 26.0 Å². The smallest absolute Gasteiger partial charge is 0.0498 e. The Bertz CT molecular complexity index is 28.5. The summed E-state index contributed by atoms with van der Waals surface area (Å²) in [6.45, 7) is 6.59. The fourth-order valence-corrected chi connectivity index (χ4v) is 0. The quantitative estimate of drug-likeness (QED) is 0.476. The molecule has 0 aliphatic carbocycles. The van der Waals surface area contributed by atoms with Crippen molar-refractivity contribution in [3.05, 3.63) is 0 Å². The summed E-state index contributed by atoms with van der Waals surface area (Å²) < 4.78 is 0. The largest absolute Gasteiger partial charge is 0.331 e. The highest BCUT2D eigenvalue weighted by Gasteiger charge is 1.98. The van der Waals surface area contributed by atoms with Crippen molar-refractivity contribution >= 4 is 8.80 Å². The van der Waals surface area contributed by atoms with Gasteiger partial charge in [-0.15, -0.1) is 0 Å². The lowest BCUT2D eigenvalue weighted by atomic mass is 10.8. The van der Waals surface area contributed by atoms with Gasteiger partial charge in [-0.2, -0.15) is 0 Å². The van der Waals surface area contributed by atoms with Gasteiger partial charge in [0, 0.05) is 8.80 Å². The molecule has 0 aliphatic heterocycles. The maximum absolute atomic E-state index is 5.50. The monoisotopic (exact) mass is 103 g/mol. The number of rotatable bonds is 1. The Hall–Kier alpha value is 0.177. The molecule has 38 valence electrons. The Morgan fingerprint density at radius 2 is 1.67 bits per heavy atom. The first-order valence-corrected chi connectivity index (χ1v) is 5.37. The van der Waals surface area contributed by atoms with E-state index in [1.807, 2.05) is 0 Å². The van der Waals surface area contributed by atoms with Gasteiger partial charge in [0.1, 0.15) is 0 Å². The van der Waals surface area contributed by atoms with Gasteiger partial charge in [-0.25, -0.2) is 0 Å². The molecule has 1 unspecified atom stereocenters. The van der Waals surface area contributed by atoms with Gasteiger partial charge in [-0.05, 0) is 5.67 Å². The van der Waals surface area contributed by atoms with E-state index in [0.29, 0.717) is 5.67 Å². The predicted molar refractivity (Wildman–Crippen MR) is 32.5 cm³/mol. The highest BCUT2D eigenvalue weighted by Crippen LogP contribution is 1.81. The molecule has 0 rings (SSSR count). The third-order valence-corrected chi connectivity index (χ3v) is 3.15. The summed E-state index contributed by atoms with van der Waals surface area (Å²) in [5, 5.41) is 0. The molecule has 0 aromatic carbocycles. The molecule has 0 spiro atoms. The van der Waals surface area contributed by atoms with Gasteiger partial charge in [-0.3, -0.25) is 0 Å². The zero-order chi connectivity index (χ0) is 5.15. The van der Waals surface area contributed by atoms with Crippen LogP contribution in [0.2, 0.25) is 13.1 Å². The molecule has 1 atom stereocenters. The molecule has 0 bridgehead atoms. The second kappa shape index (κ2) is 2.37. The van der Waals surface area contributed by atoms with Crippen LogP contribution in [-0.4, -0.2) is 14.5 Å². The molecule has 0 heterocycles. The Morgan fingerprint density at radius 3 is 1.67 bits per heavy atom. The Labute approximate surface area is 41.2 Å². The zero-order valence-electron chi connectivity index (χ0n) is 4.73. The van der Waals surface area contributed by atoms with Crippen LogP contribution in [0, 0.1) is 0 Å². The maximum Gasteiger partial charge on any atom is 0.0498 e. The zero-order valence-corrected chi connectivity index (χ0v) is 5.89. The highest BCUT2D eigenvalue weighted by atomic mass is 28.3. The predicted octanol–water partition coefficient (Wildman–Crippen LogP) is 0.359. The molecule has 0 saturated heterocycles. The molecule has 6 heavy (non-hydrogen) atoms. The minimum absolute atomic E-state index is 0.466. The Morgan fingerprint density at radius 1 is 1.50 bits per heavy atom. The first-order chi connectivity index (χ1) is 2.64. The molecular weight excluding hydrogens is 90.1 g/mol. The van der Waals surface area contributed by atoms with Gasteiger partial charge >= 0.3 is 0 Å². The van der Waals surface area contributed by atoms with Crippen molar-refractivity contribution in [3.63, 3.8) is 0 Å². The molecule has 2 heteroatoms. The van der Waals surface area contributed by atoms with Crippen LogP contribution in [-0.2, 0) is 0 Å². The van der Waals surface area contributed by atoms with Crippen LogP contribution >= 0.6 is 0 Å². The second-order valence-electron chi connectivity index (χ2n) is 2.10. The molecule has 0 saturated carbocycles. The third kappa shape index (κ3) is 2.42. The standard InChI is InChI=1S/C4H13NSi/c1-4(5)6(2)3/h4,6H,5H2,1-3H3. The molecule has 0 radical (unpaired) electrons. The first kappa shape index (κ1) is 6.18.